The van der Waals surface area contributed by atoms with Gasteiger partial charge in [-0.3, -0.25) is 0 Å². The maximum atomic E-state index is 5.65. The third kappa shape index (κ3) is 5.21. The van der Waals surface area contributed by atoms with Crippen LogP contribution >= 0.6 is 0 Å². The maximum absolute atomic E-state index is 5.65. The SMILES string of the molecule is CCCNc1cc(OCC(C)CCC)nc(N)n1. The molecule has 0 saturated carbocycles. The zero-order chi connectivity index (χ0) is 13.4. The van der Waals surface area contributed by atoms with Gasteiger partial charge in [-0.05, 0) is 18.8 Å². The van der Waals surface area contributed by atoms with Crippen molar-refractivity contribution in [3.8, 4) is 5.88 Å². The summed E-state index contributed by atoms with van der Waals surface area (Å²) in [5, 5.41) is 3.18. The quantitative estimate of drug-likeness (QED) is 0.744. The third-order valence-electron chi connectivity index (χ3n) is 2.57. The monoisotopic (exact) mass is 252 g/mol. The van der Waals surface area contributed by atoms with Gasteiger partial charge in [0.15, 0.2) is 0 Å². The van der Waals surface area contributed by atoms with E-state index in [2.05, 4.69) is 36.1 Å². The molecule has 0 fully saturated rings. The van der Waals surface area contributed by atoms with Gasteiger partial charge in [-0.25, -0.2) is 0 Å². The number of nitrogens with one attached hydrogen (secondary N) is 1. The Morgan fingerprint density at radius 1 is 1.33 bits per heavy atom. The first kappa shape index (κ1) is 14.5. The Kier molecular flexibility index (Phi) is 6.25. The summed E-state index contributed by atoms with van der Waals surface area (Å²) in [6.07, 6.45) is 3.36. The number of rotatable bonds is 8. The molecule has 5 nitrogen and oxygen atoms in total. The van der Waals surface area contributed by atoms with Gasteiger partial charge in [-0.15, -0.1) is 0 Å². The molecule has 1 heterocycles. The number of anilines is 2. The summed E-state index contributed by atoms with van der Waals surface area (Å²) >= 11 is 0. The van der Waals surface area contributed by atoms with Gasteiger partial charge in [0.25, 0.3) is 0 Å². The molecule has 0 aliphatic heterocycles. The average molecular weight is 252 g/mol. The molecule has 0 aliphatic rings. The van der Waals surface area contributed by atoms with Gasteiger partial charge >= 0.3 is 0 Å². The predicted molar refractivity (Wildman–Crippen MR) is 74.8 cm³/mol. The molecule has 0 amide bonds. The van der Waals surface area contributed by atoms with E-state index in [-0.39, 0.29) is 5.95 Å². The minimum absolute atomic E-state index is 0.245. The van der Waals surface area contributed by atoms with E-state index in [1.807, 2.05) is 0 Å². The van der Waals surface area contributed by atoms with Crippen molar-refractivity contribution in [1.82, 2.24) is 9.97 Å². The summed E-state index contributed by atoms with van der Waals surface area (Å²) in [6.45, 7) is 7.97. The highest BCUT2D eigenvalue weighted by Crippen LogP contribution is 2.16. The predicted octanol–water partition coefficient (Wildman–Crippen LogP) is 2.70. The van der Waals surface area contributed by atoms with Gasteiger partial charge in [-0.1, -0.05) is 27.2 Å². The van der Waals surface area contributed by atoms with Crippen molar-refractivity contribution in [3.63, 3.8) is 0 Å². The Balaban J connectivity index is 2.56. The van der Waals surface area contributed by atoms with E-state index < -0.39 is 0 Å². The highest BCUT2D eigenvalue weighted by atomic mass is 16.5. The zero-order valence-electron chi connectivity index (χ0n) is 11.6. The number of aromatic nitrogens is 2. The fraction of sp³-hybridized carbons (Fsp3) is 0.692. The molecule has 18 heavy (non-hydrogen) atoms. The highest BCUT2D eigenvalue weighted by molar-refractivity contribution is 5.42. The smallest absolute Gasteiger partial charge is 0.225 e. The standard InChI is InChI=1S/C13H24N4O/c1-4-6-10(3)9-18-12-8-11(15-7-5-2)16-13(14)17-12/h8,10H,4-7,9H2,1-3H3,(H3,14,15,16,17). The molecule has 0 radical (unpaired) electrons. The Labute approximate surface area is 109 Å². The molecule has 1 rings (SSSR count). The van der Waals surface area contributed by atoms with Crippen LogP contribution in [0.3, 0.4) is 0 Å². The van der Waals surface area contributed by atoms with Crippen LogP contribution in [0.1, 0.15) is 40.0 Å². The van der Waals surface area contributed by atoms with Crippen molar-refractivity contribution in [2.24, 2.45) is 5.92 Å². The van der Waals surface area contributed by atoms with Crippen molar-refractivity contribution in [3.05, 3.63) is 6.07 Å². The Bertz CT molecular complexity index is 357. The molecule has 1 aromatic heterocycles. The fourth-order valence-corrected chi connectivity index (χ4v) is 1.66. The largest absolute Gasteiger partial charge is 0.477 e. The molecule has 0 saturated heterocycles. The molecular formula is C13H24N4O. The van der Waals surface area contributed by atoms with E-state index in [4.69, 9.17) is 10.5 Å². The minimum Gasteiger partial charge on any atom is -0.477 e. The lowest BCUT2D eigenvalue weighted by atomic mass is 10.1. The minimum atomic E-state index is 0.245. The topological polar surface area (TPSA) is 73.1 Å². The lowest BCUT2D eigenvalue weighted by Crippen LogP contribution is -2.11. The van der Waals surface area contributed by atoms with Crippen LogP contribution in [0.15, 0.2) is 6.07 Å². The molecule has 0 spiro atoms. The van der Waals surface area contributed by atoms with Crippen LogP contribution in [0.2, 0.25) is 0 Å². The summed E-state index contributed by atoms with van der Waals surface area (Å²) in [5.74, 6) is 2.04. The van der Waals surface area contributed by atoms with Crippen LogP contribution in [-0.4, -0.2) is 23.1 Å². The first-order valence-electron chi connectivity index (χ1n) is 6.66. The highest BCUT2D eigenvalue weighted by Gasteiger charge is 2.06. The van der Waals surface area contributed by atoms with Gasteiger partial charge in [0.2, 0.25) is 11.8 Å². The van der Waals surface area contributed by atoms with Crippen molar-refractivity contribution in [2.75, 3.05) is 24.2 Å². The molecule has 0 aromatic carbocycles. The second-order valence-corrected chi connectivity index (χ2v) is 4.58. The molecule has 102 valence electrons. The van der Waals surface area contributed by atoms with Crippen molar-refractivity contribution in [1.29, 1.82) is 0 Å². The second kappa shape index (κ2) is 7.74. The van der Waals surface area contributed by atoms with E-state index in [1.165, 1.54) is 6.42 Å². The van der Waals surface area contributed by atoms with Crippen LogP contribution in [0.5, 0.6) is 5.88 Å². The molecule has 0 bridgehead atoms. The summed E-state index contributed by atoms with van der Waals surface area (Å²) in [4.78, 5) is 8.19. The summed E-state index contributed by atoms with van der Waals surface area (Å²) in [7, 11) is 0. The van der Waals surface area contributed by atoms with E-state index in [0.29, 0.717) is 18.4 Å². The van der Waals surface area contributed by atoms with Crippen molar-refractivity contribution < 1.29 is 4.74 Å². The maximum Gasteiger partial charge on any atom is 0.225 e. The number of ether oxygens (including phenoxy) is 1. The lowest BCUT2D eigenvalue weighted by Gasteiger charge is -2.12. The Hall–Kier alpha value is -1.52. The van der Waals surface area contributed by atoms with Crippen LogP contribution in [0.4, 0.5) is 11.8 Å². The second-order valence-electron chi connectivity index (χ2n) is 4.58. The van der Waals surface area contributed by atoms with Gasteiger partial charge in [0.1, 0.15) is 5.82 Å². The van der Waals surface area contributed by atoms with Gasteiger partial charge < -0.3 is 15.8 Å². The lowest BCUT2D eigenvalue weighted by molar-refractivity contribution is 0.243. The van der Waals surface area contributed by atoms with Crippen molar-refractivity contribution >= 4 is 11.8 Å². The van der Waals surface area contributed by atoms with Crippen LogP contribution in [0, 0.1) is 5.92 Å². The first-order valence-corrected chi connectivity index (χ1v) is 6.66. The Morgan fingerprint density at radius 3 is 2.78 bits per heavy atom. The van der Waals surface area contributed by atoms with Crippen LogP contribution < -0.4 is 15.8 Å². The normalized spacial score (nSPS) is 12.2. The molecule has 3 N–H and O–H groups in total. The van der Waals surface area contributed by atoms with E-state index >= 15 is 0 Å². The number of nitrogens with zero attached hydrogens (tertiary/aromatic N) is 2. The molecule has 5 heteroatoms. The zero-order valence-corrected chi connectivity index (χ0v) is 11.6. The van der Waals surface area contributed by atoms with Crippen LogP contribution in [0.25, 0.3) is 0 Å². The number of hydrogen-bond donors (Lipinski definition) is 2. The Morgan fingerprint density at radius 2 is 2.11 bits per heavy atom. The summed E-state index contributed by atoms with van der Waals surface area (Å²) in [5.41, 5.74) is 5.65. The number of nitrogen functional groups attached to an aromatic ring is 1. The molecule has 1 atom stereocenters. The average Bonchev–Trinajstić information content (AvgIpc) is 2.34. The van der Waals surface area contributed by atoms with Crippen LogP contribution in [-0.2, 0) is 0 Å². The molecule has 1 unspecified atom stereocenters. The van der Waals surface area contributed by atoms with E-state index in [9.17, 15) is 0 Å². The summed E-state index contributed by atoms with van der Waals surface area (Å²) in [6, 6.07) is 1.80. The van der Waals surface area contributed by atoms with Gasteiger partial charge in [0.05, 0.1) is 6.61 Å². The molecule has 1 aromatic rings. The fourth-order valence-electron chi connectivity index (χ4n) is 1.66. The van der Waals surface area contributed by atoms with E-state index in [1.54, 1.807) is 6.07 Å². The van der Waals surface area contributed by atoms with Crippen molar-refractivity contribution in [2.45, 2.75) is 40.0 Å². The molecule has 0 aliphatic carbocycles. The number of hydrogen-bond acceptors (Lipinski definition) is 5. The summed E-state index contributed by atoms with van der Waals surface area (Å²) < 4.78 is 5.65. The third-order valence-corrected chi connectivity index (χ3v) is 2.57. The van der Waals surface area contributed by atoms with E-state index in [0.717, 1.165) is 25.2 Å². The first-order chi connectivity index (χ1) is 8.65. The number of nitrogens with two attached hydrogens (primary N) is 1. The van der Waals surface area contributed by atoms with Gasteiger partial charge in [-0.2, -0.15) is 9.97 Å². The van der Waals surface area contributed by atoms with Gasteiger partial charge in [0, 0.05) is 12.6 Å². The molecular weight excluding hydrogens is 228 g/mol.